The number of ether oxygens (including phenoxy) is 1. The average molecular weight is 391 g/mol. The van der Waals surface area contributed by atoms with Crippen LogP contribution in [0.3, 0.4) is 0 Å². The molecule has 3 rings (SSSR count). The van der Waals surface area contributed by atoms with Gasteiger partial charge in [0.2, 0.25) is 5.89 Å². The van der Waals surface area contributed by atoms with E-state index in [1.54, 1.807) is 0 Å². The highest BCUT2D eigenvalue weighted by Crippen LogP contribution is 2.23. The Labute approximate surface area is 160 Å². The molecule has 2 atom stereocenters. The molecule has 0 radical (unpaired) electrons. The van der Waals surface area contributed by atoms with E-state index in [4.69, 9.17) is 9.15 Å². The monoisotopic (exact) mass is 391 g/mol. The Morgan fingerprint density at radius 3 is 2.71 bits per heavy atom. The van der Waals surface area contributed by atoms with E-state index < -0.39 is 30.7 Å². The Hall–Kier alpha value is -2.97. The zero-order valence-corrected chi connectivity index (χ0v) is 15.5. The van der Waals surface area contributed by atoms with Crippen molar-refractivity contribution in [1.29, 1.82) is 0 Å². The molecule has 0 unspecified atom stereocenters. The van der Waals surface area contributed by atoms with E-state index in [1.807, 2.05) is 0 Å². The first kappa shape index (κ1) is 19.8. The summed E-state index contributed by atoms with van der Waals surface area (Å²) in [6.07, 6.45) is 4.22. The molecule has 8 nitrogen and oxygen atoms in total. The van der Waals surface area contributed by atoms with Gasteiger partial charge < -0.3 is 14.5 Å². The molecular formula is C19H22FN3O5. The molecule has 1 amide bonds. The minimum absolute atomic E-state index is 0.0400. The Morgan fingerprint density at radius 1 is 1.29 bits per heavy atom. The molecule has 1 heterocycles. The topological polar surface area (TPSA) is 103 Å². The second-order valence-corrected chi connectivity index (χ2v) is 6.93. The van der Waals surface area contributed by atoms with Crippen LogP contribution in [-0.2, 0) is 20.9 Å². The quantitative estimate of drug-likeness (QED) is 0.754. The highest BCUT2D eigenvalue weighted by molar-refractivity contribution is 5.80. The van der Waals surface area contributed by atoms with Crippen molar-refractivity contribution in [2.24, 2.45) is 5.92 Å². The van der Waals surface area contributed by atoms with Crippen LogP contribution in [-0.4, -0.2) is 34.3 Å². The summed E-state index contributed by atoms with van der Waals surface area (Å²) >= 11 is 0. The second-order valence-electron chi connectivity index (χ2n) is 6.93. The van der Waals surface area contributed by atoms with Crippen molar-refractivity contribution < 1.29 is 23.1 Å². The van der Waals surface area contributed by atoms with Crippen molar-refractivity contribution in [2.75, 3.05) is 6.61 Å². The summed E-state index contributed by atoms with van der Waals surface area (Å²) < 4.78 is 23.7. The summed E-state index contributed by atoms with van der Waals surface area (Å²) in [5.41, 5.74) is 0.395. The van der Waals surface area contributed by atoms with E-state index in [0.29, 0.717) is 11.5 Å². The molecule has 1 saturated carbocycles. The molecule has 9 heteroatoms. The van der Waals surface area contributed by atoms with Crippen LogP contribution in [0.15, 0.2) is 33.5 Å². The van der Waals surface area contributed by atoms with Gasteiger partial charge in [-0.05, 0) is 43.0 Å². The molecule has 0 aliphatic heterocycles. The van der Waals surface area contributed by atoms with Gasteiger partial charge in [-0.2, -0.15) is 4.68 Å². The fourth-order valence-electron chi connectivity index (χ4n) is 3.21. The summed E-state index contributed by atoms with van der Waals surface area (Å²) in [7, 11) is 0. The first-order chi connectivity index (χ1) is 13.4. The van der Waals surface area contributed by atoms with Crippen LogP contribution in [0.25, 0.3) is 11.5 Å². The highest BCUT2D eigenvalue weighted by Gasteiger charge is 2.23. The number of esters is 1. The van der Waals surface area contributed by atoms with Crippen molar-refractivity contribution in [3.8, 4) is 11.5 Å². The highest BCUT2D eigenvalue weighted by atomic mass is 19.1. The predicted molar refractivity (Wildman–Crippen MR) is 96.7 cm³/mol. The van der Waals surface area contributed by atoms with Gasteiger partial charge in [-0.3, -0.25) is 9.59 Å². The van der Waals surface area contributed by atoms with Gasteiger partial charge in [-0.1, -0.05) is 19.8 Å². The zero-order chi connectivity index (χ0) is 20.1. The summed E-state index contributed by atoms with van der Waals surface area (Å²) in [5.74, 6) is -2.08. The van der Waals surface area contributed by atoms with Gasteiger partial charge in [0.1, 0.15) is 12.4 Å². The van der Waals surface area contributed by atoms with Crippen LogP contribution < -0.4 is 11.1 Å². The summed E-state index contributed by atoms with van der Waals surface area (Å²) in [6, 6.07) is 5.30. The predicted octanol–water partition coefficient (Wildman–Crippen LogP) is 1.88. The minimum atomic E-state index is -0.850. The number of carbonyl (C=O) groups excluding carboxylic acids is 2. The number of aromatic nitrogens is 2. The van der Waals surface area contributed by atoms with E-state index in [-0.39, 0.29) is 17.8 Å². The van der Waals surface area contributed by atoms with Crippen LogP contribution in [0.2, 0.25) is 0 Å². The number of halogens is 1. The van der Waals surface area contributed by atoms with Crippen LogP contribution >= 0.6 is 0 Å². The summed E-state index contributed by atoms with van der Waals surface area (Å²) in [4.78, 5) is 35.7. The van der Waals surface area contributed by atoms with Crippen LogP contribution in [0.1, 0.15) is 32.6 Å². The number of rotatable bonds is 6. The number of hydrogen-bond donors (Lipinski definition) is 1. The number of amides is 1. The molecule has 0 bridgehead atoms. The third kappa shape index (κ3) is 5.05. The first-order valence-corrected chi connectivity index (χ1v) is 9.21. The van der Waals surface area contributed by atoms with Crippen molar-refractivity contribution >= 4 is 11.9 Å². The van der Waals surface area contributed by atoms with E-state index in [2.05, 4.69) is 17.3 Å². The van der Waals surface area contributed by atoms with E-state index in [0.717, 1.165) is 30.4 Å². The fraction of sp³-hybridized carbons (Fsp3) is 0.474. The van der Waals surface area contributed by atoms with Gasteiger partial charge in [-0.15, -0.1) is 5.10 Å². The number of hydrogen-bond acceptors (Lipinski definition) is 6. The largest absolute Gasteiger partial charge is 0.454 e. The van der Waals surface area contributed by atoms with E-state index in [9.17, 15) is 18.8 Å². The van der Waals surface area contributed by atoms with Crippen molar-refractivity contribution in [1.82, 2.24) is 15.1 Å². The smallest absolute Gasteiger partial charge is 0.437 e. The average Bonchev–Trinajstić information content (AvgIpc) is 3.03. The maximum absolute atomic E-state index is 13.0. The van der Waals surface area contributed by atoms with Crippen LogP contribution in [0, 0.1) is 11.7 Å². The molecule has 2 aromatic rings. The zero-order valence-electron chi connectivity index (χ0n) is 15.5. The molecule has 150 valence electrons. The molecule has 28 heavy (non-hydrogen) atoms. The second kappa shape index (κ2) is 8.81. The molecule has 1 aromatic heterocycles. The van der Waals surface area contributed by atoms with E-state index in [1.165, 1.54) is 24.3 Å². The molecule has 1 aliphatic carbocycles. The molecule has 1 aliphatic rings. The lowest BCUT2D eigenvalue weighted by atomic mass is 9.86. The van der Waals surface area contributed by atoms with Gasteiger partial charge in [0.05, 0.1) is 0 Å². The number of nitrogens with one attached hydrogen (secondary N) is 1. The molecule has 1 N–H and O–H groups in total. The number of benzene rings is 1. The van der Waals surface area contributed by atoms with Crippen molar-refractivity contribution in [3.63, 3.8) is 0 Å². The number of nitrogens with zero attached hydrogens (tertiary/aromatic N) is 2. The third-order valence-electron chi connectivity index (χ3n) is 4.80. The standard InChI is InChI=1S/C19H22FN3O5/c1-12-4-2-3-5-15(12)21-16(24)11-27-17(25)10-23-19(26)28-18(22-23)13-6-8-14(20)9-7-13/h6-9,12,15H,2-5,10-11H2,1H3,(H,21,24)/t12-,15+/m1/s1. The van der Waals surface area contributed by atoms with Gasteiger partial charge in [-0.25, -0.2) is 9.18 Å². The SMILES string of the molecule is C[C@@H]1CCCC[C@@H]1NC(=O)COC(=O)Cn1nc(-c2ccc(F)cc2)oc1=O. The van der Waals surface area contributed by atoms with Crippen molar-refractivity contribution in [3.05, 3.63) is 40.6 Å². The fourth-order valence-corrected chi connectivity index (χ4v) is 3.21. The summed E-state index contributed by atoms with van der Waals surface area (Å²) in [5, 5.41) is 6.77. The molecular weight excluding hydrogens is 369 g/mol. The van der Waals surface area contributed by atoms with Gasteiger partial charge in [0, 0.05) is 11.6 Å². The maximum Gasteiger partial charge on any atom is 0.437 e. The lowest BCUT2D eigenvalue weighted by molar-refractivity contribution is -0.149. The molecule has 0 saturated heterocycles. The Kier molecular flexibility index (Phi) is 6.23. The minimum Gasteiger partial charge on any atom is -0.454 e. The molecule has 1 aromatic carbocycles. The van der Waals surface area contributed by atoms with E-state index >= 15 is 0 Å². The Morgan fingerprint density at radius 2 is 2.00 bits per heavy atom. The third-order valence-corrected chi connectivity index (χ3v) is 4.80. The Bertz CT molecular complexity index is 890. The normalized spacial score (nSPS) is 19.2. The molecule has 0 spiro atoms. The van der Waals surface area contributed by atoms with Crippen LogP contribution in [0.5, 0.6) is 0 Å². The van der Waals surface area contributed by atoms with Gasteiger partial charge in [0.15, 0.2) is 6.61 Å². The van der Waals surface area contributed by atoms with Crippen molar-refractivity contribution in [2.45, 2.75) is 45.2 Å². The first-order valence-electron chi connectivity index (χ1n) is 9.21. The lowest BCUT2D eigenvalue weighted by Gasteiger charge is -2.29. The Balaban J connectivity index is 1.51. The summed E-state index contributed by atoms with van der Waals surface area (Å²) in [6.45, 7) is 1.18. The van der Waals surface area contributed by atoms with Gasteiger partial charge in [0.25, 0.3) is 5.91 Å². The lowest BCUT2D eigenvalue weighted by Crippen LogP contribution is -2.43. The maximum atomic E-state index is 13.0. The van der Waals surface area contributed by atoms with Gasteiger partial charge >= 0.3 is 11.7 Å². The number of carbonyl (C=O) groups is 2. The molecule has 1 fully saturated rings. The van der Waals surface area contributed by atoms with Crippen LogP contribution in [0.4, 0.5) is 4.39 Å².